The van der Waals surface area contributed by atoms with Crippen LogP contribution in [0.4, 0.5) is 5.69 Å². The van der Waals surface area contributed by atoms with Gasteiger partial charge in [-0.3, -0.25) is 8.87 Å². The number of sulfonamides is 1. The van der Waals surface area contributed by atoms with Crippen LogP contribution in [-0.4, -0.2) is 37.6 Å². The fourth-order valence-corrected chi connectivity index (χ4v) is 6.05. The molecule has 8 heteroatoms. The molecule has 2 aromatic carbocycles. The molecule has 0 unspecified atom stereocenters. The molecule has 0 aliphatic carbocycles. The van der Waals surface area contributed by atoms with Gasteiger partial charge in [0, 0.05) is 12.6 Å². The molecule has 1 saturated heterocycles. The first-order chi connectivity index (χ1) is 15.3. The van der Waals surface area contributed by atoms with Crippen LogP contribution in [0.25, 0.3) is 11.0 Å². The average molecular weight is 457 g/mol. The zero-order valence-electron chi connectivity index (χ0n) is 19.0. The van der Waals surface area contributed by atoms with Crippen LogP contribution in [-0.2, 0) is 16.4 Å². The van der Waals surface area contributed by atoms with E-state index in [2.05, 4.69) is 17.2 Å². The maximum atomic E-state index is 13.7. The minimum atomic E-state index is -3.80. The van der Waals surface area contributed by atoms with Crippen molar-refractivity contribution in [2.45, 2.75) is 51.0 Å². The van der Waals surface area contributed by atoms with Crippen molar-refractivity contribution in [3.8, 4) is 0 Å². The summed E-state index contributed by atoms with van der Waals surface area (Å²) in [6.45, 7) is 8.20. The molecule has 1 aliphatic heterocycles. The zero-order valence-corrected chi connectivity index (χ0v) is 19.8. The summed E-state index contributed by atoms with van der Waals surface area (Å²) in [4.78, 5) is 15.7. The van der Waals surface area contributed by atoms with Crippen LogP contribution in [0.15, 0.2) is 52.2 Å². The lowest BCUT2D eigenvalue weighted by Gasteiger charge is -2.26. The summed E-state index contributed by atoms with van der Waals surface area (Å²) in [6.07, 6.45) is 2.65. The van der Waals surface area contributed by atoms with Crippen LogP contribution in [0.5, 0.6) is 0 Å². The lowest BCUT2D eigenvalue weighted by molar-refractivity contribution is 0.368. The largest absolute Gasteiger partial charge is 0.326 e. The minimum absolute atomic E-state index is 0.120. The van der Waals surface area contributed by atoms with Crippen molar-refractivity contribution in [3.63, 3.8) is 0 Å². The second-order valence-corrected chi connectivity index (χ2v) is 10.8. The van der Waals surface area contributed by atoms with Gasteiger partial charge in [-0.1, -0.05) is 32.9 Å². The van der Waals surface area contributed by atoms with Crippen molar-refractivity contribution < 1.29 is 8.42 Å². The number of aromatic nitrogens is 2. The molecular weight excluding hydrogens is 424 g/mol. The molecule has 172 valence electrons. The molecule has 0 saturated carbocycles. The van der Waals surface area contributed by atoms with Gasteiger partial charge in [-0.2, -0.15) is 0 Å². The van der Waals surface area contributed by atoms with E-state index in [4.69, 9.17) is 0 Å². The second-order valence-electron chi connectivity index (χ2n) is 8.91. The van der Waals surface area contributed by atoms with Crippen LogP contribution < -0.4 is 15.3 Å². The third-order valence-electron chi connectivity index (χ3n) is 6.11. The fourth-order valence-electron chi connectivity index (χ4n) is 4.40. The molecule has 3 aromatic rings. The first kappa shape index (κ1) is 22.6. The number of nitrogens with zero attached hydrogens (tertiary/aromatic N) is 2. The van der Waals surface area contributed by atoms with Gasteiger partial charge in [0.15, 0.2) is 0 Å². The van der Waals surface area contributed by atoms with Crippen molar-refractivity contribution in [3.05, 3.63) is 58.5 Å². The Bertz CT molecular complexity index is 1240. The van der Waals surface area contributed by atoms with Gasteiger partial charge in [-0.25, -0.2) is 13.2 Å². The molecule has 0 atom stereocenters. The van der Waals surface area contributed by atoms with E-state index in [9.17, 15) is 13.2 Å². The first-order valence-electron chi connectivity index (χ1n) is 11.4. The van der Waals surface area contributed by atoms with Crippen molar-refractivity contribution in [2.75, 3.05) is 23.9 Å². The summed E-state index contributed by atoms with van der Waals surface area (Å²) in [5, 5.41) is 3.31. The van der Waals surface area contributed by atoms with Crippen LogP contribution >= 0.6 is 0 Å². The van der Waals surface area contributed by atoms with Gasteiger partial charge >= 0.3 is 5.69 Å². The molecule has 32 heavy (non-hydrogen) atoms. The Morgan fingerprint density at radius 3 is 2.41 bits per heavy atom. The summed E-state index contributed by atoms with van der Waals surface area (Å²) >= 11 is 0. The molecule has 0 spiro atoms. The highest BCUT2D eigenvalue weighted by Gasteiger charge is 2.27. The van der Waals surface area contributed by atoms with Gasteiger partial charge in [0.25, 0.3) is 10.0 Å². The molecule has 2 heterocycles. The lowest BCUT2D eigenvalue weighted by Crippen LogP contribution is -2.34. The van der Waals surface area contributed by atoms with Crippen LogP contribution in [0.1, 0.15) is 45.2 Å². The van der Waals surface area contributed by atoms with Crippen LogP contribution in [0, 0.1) is 5.92 Å². The zero-order chi connectivity index (χ0) is 22.9. The Morgan fingerprint density at radius 1 is 1.09 bits per heavy atom. The fraction of sp³-hybridized carbons (Fsp3) is 0.458. The Hall–Kier alpha value is -2.58. The lowest BCUT2D eigenvalue weighted by atomic mass is 10.1. The Kier molecular flexibility index (Phi) is 6.44. The molecule has 4 rings (SSSR count). The van der Waals surface area contributed by atoms with Gasteiger partial charge in [-0.15, -0.1) is 0 Å². The second kappa shape index (κ2) is 9.11. The third kappa shape index (κ3) is 4.34. The number of piperidine rings is 1. The van der Waals surface area contributed by atoms with Crippen LogP contribution in [0.3, 0.4) is 0 Å². The summed E-state index contributed by atoms with van der Waals surface area (Å²) in [5.74, 6) is 0.153. The standard InChI is InChI=1S/C24H32N4O3S/c1-4-18-5-7-19(8-6-18)27(16-17(2)3)32(30,31)21-9-10-23-22(15-21)26-24(29)28(23)20-11-13-25-14-12-20/h5-10,15,17,20,25H,4,11-14,16H2,1-3H3,(H,26,29). The van der Waals surface area contributed by atoms with Crippen molar-refractivity contribution in [1.29, 1.82) is 0 Å². The van der Waals surface area contributed by atoms with E-state index >= 15 is 0 Å². The van der Waals surface area contributed by atoms with E-state index < -0.39 is 10.0 Å². The highest BCUT2D eigenvalue weighted by atomic mass is 32.2. The molecule has 1 fully saturated rings. The van der Waals surface area contributed by atoms with Gasteiger partial charge in [-0.05, 0) is 74.2 Å². The Balaban J connectivity index is 1.75. The Labute approximate surface area is 189 Å². The maximum absolute atomic E-state index is 13.7. The van der Waals surface area contributed by atoms with E-state index in [1.54, 1.807) is 22.8 Å². The SMILES string of the molecule is CCc1ccc(N(CC(C)C)S(=O)(=O)c2ccc3c(c2)[nH]c(=O)n3C2CCNCC2)cc1. The number of H-pyrrole nitrogens is 1. The molecule has 0 radical (unpaired) electrons. The number of imidazole rings is 1. The van der Waals surface area contributed by atoms with Gasteiger partial charge < -0.3 is 10.3 Å². The van der Waals surface area contributed by atoms with Crippen molar-refractivity contribution in [1.82, 2.24) is 14.9 Å². The summed E-state index contributed by atoms with van der Waals surface area (Å²) < 4.78 is 30.6. The number of rotatable bonds is 7. The number of hydrogen-bond acceptors (Lipinski definition) is 4. The van der Waals surface area contributed by atoms with Crippen molar-refractivity contribution in [2.24, 2.45) is 5.92 Å². The van der Waals surface area contributed by atoms with Gasteiger partial charge in [0.05, 0.1) is 21.6 Å². The van der Waals surface area contributed by atoms with Gasteiger partial charge in [0.2, 0.25) is 0 Å². The highest BCUT2D eigenvalue weighted by molar-refractivity contribution is 7.92. The number of aryl methyl sites for hydroxylation is 1. The number of aromatic amines is 1. The summed E-state index contributed by atoms with van der Waals surface area (Å²) in [7, 11) is -3.80. The third-order valence-corrected chi connectivity index (χ3v) is 7.90. The Morgan fingerprint density at radius 2 is 1.78 bits per heavy atom. The predicted molar refractivity (Wildman–Crippen MR) is 129 cm³/mol. The minimum Gasteiger partial charge on any atom is -0.317 e. The number of hydrogen-bond donors (Lipinski definition) is 2. The van der Waals surface area contributed by atoms with Crippen LogP contribution in [0.2, 0.25) is 0 Å². The number of fused-ring (bicyclic) bond motifs is 1. The smallest absolute Gasteiger partial charge is 0.317 e. The normalized spacial score (nSPS) is 15.5. The molecule has 1 aromatic heterocycles. The van der Waals surface area contributed by atoms with E-state index in [0.29, 0.717) is 17.7 Å². The predicted octanol–water partition coefficient (Wildman–Crippen LogP) is 3.67. The molecule has 1 aliphatic rings. The topological polar surface area (TPSA) is 87.2 Å². The van der Waals surface area contributed by atoms with Gasteiger partial charge in [0.1, 0.15) is 0 Å². The number of benzene rings is 2. The number of anilines is 1. The highest BCUT2D eigenvalue weighted by Crippen LogP contribution is 2.28. The number of nitrogens with one attached hydrogen (secondary N) is 2. The molecule has 0 amide bonds. The summed E-state index contributed by atoms with van der Waals surface area (Å²) in [6, 6.07) is 12.8. The van der Waals surface area contributed by atoms with Crippen molar-refractivity contribution >= 4 is 26.7 Å². The molecule has 7 nitrogen and oxygen atoms in total. The maximum Gasteiger partial charge on any atom is 0.326 e. The quantitative estimate of drug-likeness (QED) is 0.568. The molecule has 0 bridgehead atoms. The summed E-state index contributed by atoms with van der Waals surface area (Å²) in [5.41, 5.74) is 2.94. The van der Waals surface area contributed by atoms with E-state index in [1.165, 1.54) is 4.31 Å². The van der Waals surface area contributed by atoms with E-state index in [1.807, 2.05) is 38.1 Å². The molecular formula is C24H32N4O3S. The first-order valence-corrected chi connectivity index (χ1v) is 12.8. The monoisotopic (exact) mass is 456 g/mol. The average Bonchev–Trinajstić information content (AvgIpc) is 3.12. The van der Waals surface area contributed by atoms with E-state index in [-0.39, 0.29) is 22.5 Å². The molecule has 2 N–H and O–H groups in total. The van der Waals surface area contributed by atoms with E-state index in [0.717, 1.165) is 43.4 Å².